The lowest BCUT2D eigenvalue weighted by Gasteiger charge is -2.32. The molecule has 0 aromatic carbocycles. The van der Waals surface area contributed by atoms with Crippen LogP contribution in [0.5, 0.6) is 0 Å². The second-order valence-corrected chi connectivity index (χ2v) is 3.29. The minimum absolute atomic E-state index is 0.00435. The van der Waals surface area contributed by atoms with E-state index in [2.05, 4.69) is 8.92 Å². The first kappa shape index (κ1) is 15.4. The van der Waals surface area contributed by atoms with Crippen molar-refractivity contribution in [3.63, 3.8) is 0 Å². The summed E-state index contributed by atoms with van der Waals surface area (Å²) in [6.45, 7) is 0. The normalized spacial score (nSPS) is 18.2. The van der Waals surface area contributed by atoms with Crippen LogP contribution in [0.3, 0.4) is 0 Å². The number of ether oxygens (including phenoxy) is 1. The first-order chi connectivity index (χ1) is 6.77. The maximum absolute atomic E-state index is 12.5. The summed E-state index contributed by atoms with van der Waals surface area (Å²) in [5.41, 5.74) is 0. The van der Waals surface area contributed by atoms with E-state index in [9.17, 15) is 34.3 Å². The third-order valence-corrected chi connectivity index (χ3v) is 1.69. The standard InChI is InChI=1S/C4H4F6O5S/c1-14-2(11,3(5,6)7)4(8,9)15-16(10,12)13/h11H,1H3. The van der Waals surface area contributed by atoms with Crippen molar-refractivity contribution >= 4 is 10.5 Å². The van der Waals surface area contributed by atoms with E-state index in [1.165, 1.54) is 0 Å². The molecule has 0 bridgehead atoms. The van der Waals surface area contributed by atoms with E-state index in [0.717, 1.165) is 0 Å². The number of alkyl halides is 5. The van der Waals surface area contributed by atoms with Gasteiger partial charge in [0.05, 0.1) is 0 Å². The first-order valence-electron chi connectivity index (χ1n) is 3.14. The Kier molecular flexibility index (Phi) is 3.87. The lowest BCUT2D eigenvalue weighted by atomic mass is 10.2. The van der Waals surface area contributed by atoms with Crippen LogP contribution in [-0.4, -0.2) is 38.7 Å². The minimum Gasteiger partial charge on any atom is -0.352 e. The van der Waals surface area contributed by atoms with Gasteiger partial charge < -0.3 is 9.84 Å². The third kappa shape index (κ3) is 2.96. The molecule has 16 heavy (non-hydrogen) atoms. The van der Waals surface area contributed by atoms with Crippen LogP contribution in [0.2, 0.25) is 0 Å². The lowest BCUT2D eigenvalue weighted by Crippen LogP contribution is -2.61. The number of aliphatic hydroxyl groups is 1. The van der Waals surface area contributed by atoms with Gasteiger partial charge in [-0.25, -0.2) is 0 Å². The Morgan fingerprint density at radius 1 is 1.12 bits per heavy atom. The summed E-state index contributed by atoms with van der Waals surface area (Å²) in [6, 6.07) is 0. The van der Waals surface area contributed by atoms with Crippen molar-refractivity contribution in [3.05, 3.63) is 0 Å². The molecule has 12 heteroatoms. The van der Waals surface area contributed by atoms with Gasteiger partial charge in [0.15, 0.2) is 0 Å². The van der Waals surface area contributed by atoms with Gasteiger partial charge in [-0.15, -0.1) is 0 Å². The zero-order valence-electron chi connectivity index (χ0n) is 7.26. The summed E-state index contributed by atoms with van der Waals surface area (Å²) in [5.74, 6) is -5.29. The van der Waals surface area contributed by atoms with Crippen LogP contribution >= 0.6 is 0 Å². The Hall–Kier alpha value is -0.590. The quantitative estimate of drug-likeness (QED) is 0.465. The van der Waals surface area contributed by atoms with Gasteiger partial charge in [-0.05, 0) is 0 Å². The van der Waals surface area contributed by atoms with Crippen molar-refractivity contribution in [1.82, 2.24) is 0 Å². The van der Waals surface area contributed by atoms with E-state index in [1.807, 2.05) is 0 Å². The highest BCUT2D eigenvalue weighted by atomic mass is 32.3. The molecule has 0 saturated carbocycles. The first-order valence-corrected chi connectivity index (χ1v) is 4.45. The second-order valence-electron chi connectivity index (χ2n) is 2.34. The summed E-state index contributed by atoms with van der Waals surface area (Å²) in [7, 11) is -6.43. The third-order valence-electron chi connectivity index (χ3n) is 1.28. The molecular weight excluding hydrogens is 274 g/mol. The molecule has 98 valence electrons. The molecule has 0 aliphatic rings. The average molecular weight is 278 g/mol. The van der Waals surface area contributed by atoms with Gasteiger partial charge in [-0.2, -0.15) is 34.6 Å². The maximum Gasteiger partial charge on any atom is 0.452 e. The predicted molar refractivity (Wildman–Crippen MR) is 34.1 cm³/mol. The van der Waals surface area contributed by atoms with Gasteiger partial charge in [0, 0.05) is 7.11 Å². The Labute approximate surface area is 85.0 Å². The number of methoxy groups -OCH3 is 1. The molecule has 0 aliphatic carbocycles. The molecule has 1 N–H and O–H groups in total. The molecule has 0 aromatic heterocycles. The monoisotopic (exact) mass is 278 g/mol. The Bertz CT molecular complexity index is 348. The predicted octanol–water partition coefficient (Wildman–Crippen LogP) is 0.707. The Morgan fingerprint density at radius 2 is 1.50 bits per heavy atom. The van der Waals surface area contributed by atoms with Gasteiger partial charge in [0.1, 0.15) is 0 Å². The highest BCUT2D eigenvalue weighted by Crippen LogP contribution is 2.44. The lowest BCUT2D eigenvalue weighted by molar-refractivity contribution is -0.462. The number of halogens is 6. The van der Waals surface area contributed by atoms with E-state index in [1.54, 1.807) is 0 Å². The van der Waals surface area contributed by atoms with E-state index < -0.39 is 28.6 Å². The maximum atomic E-state index is 12.5. The highest BCUT2D eigenvalue weighted by molar-refractivity contribution is 7.81. The van der Waals surface area contributed by atoms with Crippen molar-refractivity contribution in [2.24, 2.45) is 0 Å². The number of rotatable bonds is 4. The molecular formula is C4H4F6O5S. The van der Waals surface area contributed by atoms with Gasteiger partial charge in [0.2, 0.25) is 0 Å². The fraction of sp³-hybridized carbons (Fsp3) is 1.00. The minimum atomic E-state index is -6.43. The van der Waals surface area contributed by atoms with Crippen molar-refractivity contribution in [2.45, 2.75) is 18.1 Å². The summed E-state index contributed by atoms with van der Waals surface area (Å²) < 4.78 is 97.0. The molecule has 0 aromatic rings. The van der Waals surface area contributed by atoms with Crippen LogP contribution in [0.4, 0.5) is 25.8 Å². The van der Waals surface area contributed by atoms with Gasteiger partial charge >= 0.3 is 28.6 Å². The molecule has 1 unspecified atom stereocenters. The molecule has 0 saturated heterocycles. The van der Waals surface area contributed by atoms with Crippen molar-refractivity contribution in [1.29, 1.82) is 0 Å². The van der Waals surface area contributed by atoms with Crippen LogP contribution < -0.4 is 0 Å². The van der Waals surface area contributed by atoms with Crippen LogP contribution in [0.15, 0.2) is 0 Å². The Morgan fingerprint density at radius 3 is 1.69 bits per heavy atom. The van der Waals surface area contributed by atoms with Crippen molar-refractivity contribution < 1.29 is 48.3 Å². The van der Waals surface area contributed by atoms with E-state index >= 15 is 0 Å². The van der Waals surface area contributed by atoms with Crippen molar-refractivity contribution in [2.75, 3.05) is 7.11 Å². The number of hydrogen-bond donors (Lipinski definition) is 1. The SMILES string of the molecule is COC(O)(C(F)(F)F)C(F)(F)OS(=O)(=O)F. The van der Waals surface area contributed by atoms with Gasteiger partial charge in [0.25, 0.3) is 0 Å². The summed E-state index contributed by atoms with van der Waals surface area (Å²) >= 11 is 0. The van der Waals surface area contributed by atoms with E-state index in [4.69, 9.17) is 5.11 Å². The van der Waals surface area contributed by atoms with E-state index in [-0.39, 0.29) is 7.11 Å². The van der Waals surface area contributed by atoms with Crippen LogP contribution in [0.25, 0.3) is 0 Å². The molecule has 0 amide bonds. The van der Waals surface area contributed by atoms with Crippen LogP contribution in [0.1, 0.15) is 0 Å². The van der Waals surface area contributed by atoms with Crippen molar-refractivity contribution in [3.8, 4) is 0 Å². The van der Waals surface area contributed by atoms with Gasteiger partial charge in [-0.1, -0.05) is 3.89 Å². The summed E-state index contributed by atoms with van der Waals surface area (Å²) in [4.78, 5) is 0. The smallest absolute Gasteiger partial charge is 0.352 e. The second kappa shape index (κ2) is 4.01. The Balaban J connectivity index is 5.41. The zero-order valence-corrected chi connectivity index (χ0v) is 8.07. The van der Waals surface area contributed by atoms with Gasteiger partial charge in [-0.3, -0.25) is 0 Å². The summed E-state index contributed by atoms with van der Waals surface area (Å²) in [5, 5.41) is 8.39. The number of hydrogen-bond acceptors (Lipinski definition) is 5. The van der Waals surface area contributed by atoms with Crippen LogP contribution in [0, 0.1) is 0 Å². The molecule has 5 nitrogen and oxygen atoms in total. The largest absolute Gasteiger partial charge is 0.452 e. The molecule has 1 atom stereocenters. The topological polar surface area (TPSA) is 72.8 Å². The van der Waals surface area contributed by atoms with Crippen LogP contribution in [-0.2, 0) is 19.4 Å². The molecule has 0 rings (SSSR count). The average Bonchev–Trinajstić information content (AvgIpc) is 1.95. The molecule has 0 fully saturated rings. The van der Waals surface area contributed by atoms with E-state index in [0.29, 0.717) is 0 Å². The fourth-order valence-corrected chi connectivity index (χ4v) is 0.944. The highest BCUT2D eigenvalue weighted by Gasteiger charge is 2.73. The molecule has 0 heterocycles. The summed E-state index contributed by atoms with van der Waals surface area (Å²) in [6.07, 6.45) is -12.0. The fourth-order valence-electron chi connectivity index (χ4n) is 0.581. The molecule has 0 spiro atoms. The molecule has 0 radical (unpaired) electrons. The zero-order chi connectivity index (χ0) is 13.4. The molecule has 0 aliphatic heterocycles.